The van der Waals surface area contributed by atoms with Crippen LogP contribution in [0.2, 0.25) is 0 Å². The van der Waals surface area contributed by atoms with Gasteiger partial charge in [-0.3, -0.25) is 4.90 Å². The lowest BCUT2D eigenvalue weighted by molar-refractivity contribution is 0.122. The Morgan fingerprint density at radius 3 is 2.32 bits per heavy atom. The Morgan fingerprint density at radius 1 is 1.05 bits per heavy atom. The molecule has 0 bridgehead atoms. The average Bonchev–Trinajstić information content (AvgIpc) is 2.77. The summed E-state index contributed by atoms with van der Waals surface area (Å²) in [6.45, 7) is 14.4. The van der Waals surface area contributed by atoms with Crippen molar-refractivity contribution in [1.29, 1.82) is 0 Å². The fourth-order valence-electron chi connectivity index (χ4n) is 4.06. The van der Waals surface area contributed by atoms with Gasteiger partial charge in [-0.2, -0.15) is 0 Å². The van der Waals surface area contributed by atoms with Gasteiger partial charge in [-0.15, -0.1) is 0 Å². The van der Waals surface area contributed by atoms with Crippen molar-refractivity contribution >= 4 is 0 Å². The van der Waals surface area contributed by atoms with E-state index in [9.17, 15) is 0 Å². The van der Waals surface area contributed by atoms with Gasteiger partial charge in [0.25, 0.3) is 0 Å². The summed E-state index contributed by atoms with van der Waals surface area (Å²) in [6, 6.07) is 2.19. The number of nitrogens with zero attached hydrogens (tertiary/aromatic N) is 1. The average molecular weight is 266 g/mol. The molecule has 3 atom stereocenters. The molecule has 0 aromatic heterocycles. The molecule has 2 rings (SSSR count). The van der Waals surface area contributed by atoms with E-state index in [4.69, 9.17) is 0 Å². The maximum absolute atomic E-state index is 4.02. The van der Waals surface area contributed by atoms with Gasteiger partial charge in [-0.1, -0.05) is 33.6 Å². The first-order chi connectivity index (χ1) is 8.88. The second-order valence-electron chi connectivity index (χ2n) is 8.10. The Bertz CT molecular complexity index is 279. The summed E-state index contributed by atoms with van der Waals surface area (Å²) in [5.74, 6) is 0.856. The Balaban J connectivity index is 1.90. The van der Waals surface area contributed by atoms with E-state index in [-0.39, 0.29) is 0 Å². The highest BCUT2D eigenvalue weighted by Crippen LogP contribution is 2.38. The minimum absolute atomic E-state index is 0.453. The Hall–Kier alpha value is -0.0800. The number of likely N-dealkylation sites (tertiary alicyclic amines) is 1. The minimum atomic E-state index is 0.453. The summed E-state index contributed by atoms with van der Waals surface area (Å²) < 4.78 is 0. The van der Waals surface area contributed by atoms with Crippen molar-refractivity contribution in [1.82, 2.24) is 10.2 Å². The second-order valence-corrected chi connectivity index (χ2v) is 8.10. The lowest BCUT2D eigenvalue weighted by Gasteiger charge is -2.42. The largest absolute Gasteiger partial charge is 0.310 e. The van der Waals surface area contributed by atoms with Gasteiger partial charge in [-0.05, 0) is 51.0 Å². The Kier molecular flexibility index (Phi) is 4.94. The van der Waals surface area contributed by atoms with Crippen LogP contribution in [-0.4, -0.2) is 36.1 Å². The topological polar surface area (TPSA) is 15.3 Å². The van der Waals surface area contributed by atoms with Gasteiger partial charge in [0.1, 0.15) is 0 Å². The minimum Gasteiger partial charge on any atom is -0.310 e. The van der Waals surface area contributed by atoms with Gasteiger partial charge in [0.2, 0.25) is 0 Å². The summed E-state index contributed by atoms with van der Waals surface area (Å²) in [6.07, 6.45) is 7.00. The SMILES string of the molecule is CC(C)N1CCC(NC2CCCCC2C(C)(C)C)C1. The standard InChI is InChI=1S/C17H34N2/c1-13(2)19-11-10-14(12-19)18-16-9-7-6-8-15(16)17(3,4)5/h13-16,18H,6-12H2,1-5H3. The van der Waals surface area contributed by atoms with Gasteiger partial charge in [0.05, 0.1) is 0 Å². The molecule has 0 radical (unpaired) electrons. The molecule has 0 aromatic rings. The summed E-state index contributed by atoms with van der Waals surface area (Å²) in [7, 11) is 0. The molecule has 3 unspecified atom stereocenters. The summed E-state index contributed by atoms with van der Waals surface area (Å²) in [4.78, 5) is 2.62. The third-order valence-electron chi connectivity index (χ3n) is 5.28. The molecule has 0 aromatic carbocycles. The third-order valence-corrected chi connectivity index (χ3v) is 5.28. The van der Waals surface area contributed by atoms with E-state index >= 15 is 0 Å². The smallest absolute Gasteiger partial charge is 0.0210 e. The third kappa shape index (κ3) is 3.95. The molecule has 1 saturated carbocycles. The maximum atomic E-state index is 4.02. The van der Waals surface area contributed by atoms with Crippen LogP contribution in [0.25, 0.3) is 0 Å². The van der Waals surface area contributed by atoms with Crippen LogP contribution in [0.3, 0.4) is 0 Å². The highest BCUT2D eigenvalue weighted by Gasteiger charge is 2.36. The van der Waals surface area contributed by atoms with E-state index in [1.807, 2.05) is 0 Å². The molecule has 2 nitrogen and oxygen atoms in total. The molecule has 2 fully saturated rings. The molecule has 0 spiro atoms. The van der Waals surface area contributed by atoms with E-state index in [0.29, 0.717) is 11.5 Å². The monoisotopic (exact) mass is 266 g/mol. The zero-order chi connectivity index (χ0) is 14.0. The van der Waals surface area contributed by atoms with Crippen LogP contribution in [0.5, 0.6) is 0 Å². The Morgan fingerprint density at radius 2 is 1.74 bits per heavy atom. The van der Waals surface area contributed by atoms with Crippen molar-refractivity contribution in [2.24, 2.45) is 11.3 Å². The van der Waals surface area contributed by atoms with Gasteiger partial charge < -0.3 is 5.32 Å². The van der Waals surface area contributed by atoms with E-state index in [2.05, 4.69) is 44.8 Å². The molecule has 1 heterocycles. The van der Waals surface area contributed by atoms with Crippen molar-refractivity contribution in [3.63, 3.8) is 0 Å². The van der Waals surface area contributed by atoms with Crippen molar-refractivity contribution in [2.75, 3.05) is 13.1 Å². The number of rotatable bonds is 3. The predicted octanol–water partition coefficient (Wildman–Crippen LogP) is 3.66. The van der Waals surface area contributed by atoms with Crippen LogP contribution in [0.4, 0.5) is 0 Å². The second kappa shape index (κ2) is 6.13. The number of nitrogens with one attached hydrogen (secondary N) is 1. The molecule has 1 aliphatic heterocycles. The summed E-state index contributed by atoms with van der Waals surface area (Å²) >= 11 is 0. The van der Waals surface area contributed by atoms with Crippen LogP contribution in [0, 0.1) is 11.3 Å². The molecule has 2 heteroatoms. The lowest BCUT2D eigenvalue weighted by Crippen LogP contribution is -2.49. The molecular weight excluding hydrogens is 232 g/mol. The molecule has 1 aliphatic carbocycles. The summed E-state index contributed by atoms with van der Waals surface area (Å²) in [5, 5.41) is 4.02. The summed E-state index contributed by atoms with van der Waals surface area (Å²) in [5.41, 5.74) is 0.453. The highest BCUT2D eigenvalue weighted by atomic mass is 15.2. The normalized spacial score (nSPS) is 34.1. The molecule has 112 valence electrons. The van der Waals surface area contributed by atoms with Crippen molar-refractivity contribution in [3.8, 4) is 0 Å². The van der Waals surface area contributed by atoms with Crippen LogP contribution in [0.15, 0.2) is 0 Å². The van der Waals surface area contributed by atoms with Gasteiger partial charge in [-0.25, -0.2) is 0 Å². The first kappa shape index (κ1) is 15.3. The van der Waals surface area contributed by atoms with E-state index < -0.39 is 0 Å². The molecule has 2 aliphatic rings. The first-order valence-electron chi connectivity index (χ1n) is 8.38. The van der Waals surface area contributed by atoms with E-state index in [1.54, 1.807) is 0 Å². The molecule has 19 heavy (non-hydrogen) atoms. The van der Waals surface area contributed by atoms with Crippen molar-refractivity contribution < 1.29 is 0 Å². The zero-order valence-corrected chi connectivity index (χ0v) is 13.7. The molecule has 0 amide bonds. The first-order valence-corrected chi connectivity index (χ1v) is 8.38. The quantitative estimate of drug-likeness (QED) is 0.838. The van der Waals surface area contributed by atoms with Gasteiger partial charge >= 0.3 is 0 Å². The van der Waals surface area contributed by atoms with Gasteiger partial charge in [0.15, 0.2) is 0 Å². The lowest BCUT2D eigenvalue weighted by atomic mass is 9.69. The number of hydrogen-bond acceptors (Lipinski definition) is 2. The predicted molar refractivity (Wildman–Crippen MR) is 83.5 cm³/mol. The van der Waals surface area contributed by atoms with Crippen molar-refractivity contribution in [3.05, 3.63) is 0 Å². The zero-order valence-electron chi connectivity index (χ0n) is 13.7. The van der Waals surface area contributed by atoms with E-state index in [0.717, 1.165) is 18.0 Å². The van der Waals surface area contributed by atoms with E-state index in [1.165, 1.54) is 45.2 Å². The molecular formula is C17H34N2. The number of hydrogen-bond donors (Lipinski definition) is 1. The Labute approximate surface area is 120 Å². The molecule has 1 saturated heterocycles. The fourth-order valence-corrected chi connectivity index (χ4v) is 4.06. The van der Waals surface area contributed by atoms with Gasteiger partial charge in [0, 0.05) is 24.7 Å². The van der Waals surface area contributed by atoms with Crippen LogP contribution in [-0.2, 0) is 0 Å². The molecule has 1 N–H and O–H groups in total. The van der Waals surface area contributed by atoms with Crippen LogP contribution in [0.1, 0.15) is 66.7 Å². The van der Waals surface area contributed by atoms with Crippen LogP contribution < -0.4 is 5.32 Å². The van der Waals surface area contributed by atoms with Crippen molar-refractivity contribution in [2.45, 2.75) is 84.8 Å². The maximum Gasteiger partial charge on any atom is 0.0210 e. The highest BCUT2D eigenvalue weighted by molar-refractivity contribution is 4.92. The van der Waals surface area contributed by atoms with Crippen LogP contribution >= 0.6 is 0 Å². The fraction of sp³-hybridized carbons (Fsp3) is 1.00.